The van der Waals surface area contributed by atoms with Gasteiger partial charge >= 0.3 is 5.97 Å². The summed E-state index contributed by atoms with van der Waals surface area (Å²) in [5, 5.41) is 3.94. The first-order chi connectivity index (χ1) is 14.5. The predicted octanol–water partition coefficient (Wildman–Crippen LogP) is 3.57. The quantitative estimate of drug-likeness (QED) is 0.215. The number of aryl methyl sites for hydroxylation is 1. The molecule has 0 saturated heterocycles. The number of carbonyl (C=O) groups is 2. The smallest absolute Gasteiger partial charge is 0.343 e. The number of nitrogens with two attached hydrogens (primary N) is 1. The van der Waals surface area contributed by atoms with E-state index in [2.05, 4.69) is 10.5 Å². The standard InChI is InChI=1S/C23H21N3O4/c1-15-4-3-5-18(12-15)23(28)30-20-11-6-16(13-21(20)29-2)14-25-26-22(27)17-7-9-19(24)10-8-17/h3-14H,24H2,1-2H3,(H,26,27)/b25-14+. The molecule has 7 nitrogen and oxygen atoms in total. The Kier molecular flexibility index (Phi) is 6.44. The van der Waals surface area contributed by atoms with Crippen LogP contribution in [0, 0.1) is 6.92 Å². The van der Waals surface area contributed by atoms with Gasteiger partial charge in [0.05, 0.1) is 18.9 Å². The Labute approximate surface area is 174 Å². The monoisotopic (exact) mass is 403 g/mol. The van der Waals surface area contributed by atoms with Gasteiger partial charge in [0.25, 0.3) is 5.91 Å². The molecule has 0 unspecified atom stereocenters. The SMILES string of the molecule is COc1cc(/C=N/NC(=O)c2ccc(N)cc2)ccc1OC(=O)c1cccc(C)c1. The van der Waals surface area contributed by atoms with Gasteiger partial charge in [-0.05, 0) is 67.1 Å². The highest BCUT2D eigenvalue weighted by Crippen LogP contribution is 2.28. The van der Waals surface area contributed by atoms with Crippen LogP contribution in [0.1, 0.15) is 31.8 Å². The van der Waals surface area contributed by atoms with Crippen LogP contribution in [0.2, 0.25) is 0 Å². The molecule has 0 bridgehead atoms. The zero-order valence-corrected chi connectivity index (χ0v) is 16.6. The molecular weight excluding hydrogens is 382 g/mol. The molecule has 7 heteroatoms. The van der Waals surface area contributed by atoms with Crippen molar-refractivity contribution < 1.29 is 19.1 Å². The molecule has 0 saturated carbocycles. The topological polar surface area (TPSA) is 103 Å². The van der Waals surface area contributed by atoms with E-state index < -0.39 is 5.97 Å². The lowest BCUT2D eigenvalue weighted by Gasteiger charge is -2.10. The Morgan fingerprint density at radius 1 is 0.967 bits per heavy atom. The molecule has 0 radical (unpaired) electrons. The maximum Gasteiger partial charge on any atom is 0.343 e. The molecule has 3 rings (SSSR count). The highest BCUT2D eigenvalue weighted by Gasteiger charge is 2.13. The van der Waals surface area contributed by atoms with Gasteiger partial charge in [-0.2, -0.15) is 5.10 Å². The Bertz CT molecular complexity index is 1090. The number of methoxy groups -OCH3 is 1. The summed E-state index contributed by atoms with van der Waals surface area (Å²) >= 11 is 0. The number of hydrogen-bond donors (Lipinski definition) is 2. The summed E-state index contributed by atoms with van der Waals surface area (Å²) in [7, 11) is 1.48. The van der Waals surface area contributed by atoms with Gasteiger partial charge in [-0.15, -0.1) is 0 Å². The van der Waals surface area contributed by atoms with Crippen molar-refractivity contribution in [2.24, 2.45) is 5.10 Å². The highest BCUT2D eigenvalue weighted by atomic mass is 16.6. The second kappa shape index (κ2) is 9.38. The van der Waals surface area contributed by atoms with E-state index in [-0.39, 0.29) is 11.7 Å². The maximum absolute atomic E-state index is 12.4. The number of hydrazone groups is 1. The minimum atomic E-state index is -0.478. The molecule has 30 heavy (non-hydrogen) atoms. The fraction of sp³-hybridized carbons (Fsp3) is 0.0870. The average molecular weight is 403 g/mol. The van der Waals surface area contributed by atoms with Crippen LogP contribution in [0.4, 0.5) is 5.69 Å². The Hall–Kier alpha value is -4.13. The summed E-state index contributed by atoms with van der Waals surface area (Å²) in [5.74, 6) is -0.187. The first-order valence-corrected chi connectivity index (χ1v) is 9.12. The van der Waals surface area contributed by atoms with E-state index >= 15 is 0 Å². The fourth-order valence-corrected chi connectivity index (χ4v) is 2.64. The van der Waals surface area contributed by atoms with Crippen LogP contribution in [0.3, 0.4) is 0 Å². The largest absolute Gasteiger partial charge is 0.493 e. The second-order valence-corrected chi connectivity index (χ2v) is 6.49. The van der Waals surface area contributed by atoms with Gasteiger partial charge < -0.3 is 15.2 Å². The van der Waals surface area contributed by atoms with Crippen LogP contribution in [0.5, 0.6) is 11.5 Å². The molecule has 152 valence electrons. The lowest BCUT2D eigenvalue weighted by Crippen LogP contribution is -2.17. The number of carbonyl (C=O) groups excluding carboxylic acids is 2. The number of esters is 1. The number of hydrogen-bond acceptors (Lipinski definition) is 6. The van der Waals surface area contributed by atoms with Crippen molar-refractivity contribution in [3.05, 3.63) is 89.0 Å². The molecule has 0 aromatic heterocycles. The number of benzene rings is 3. The summed E-state index contributed by atoms with van der Waals surface area (Å²) in [4.78, 5) is 24.4. The van der Waals surface area contributed by atoms with Crippen LogP contribution in [0.15, 0.2) is 71.8 Å². The van der Waals surface area contributed by atoms with Crippen LogP contribution in [-0.2, 0) is 0 Å². The summed E-state index contributed by atoms with van der Waals surface area (Å²) in [6.07, 6.45) is 1.46. The molecule has 3 aromatic carbocycles. The Morgan fingerprint density at radius 3 is 2.43 bits per heavy atom. The van der Waals surface area contributed by atoms with Crippen molar-refractivity contribution >= 4 is 23.8 Å². The molecule has 0 aliphatic rings. The number of amides is 1. The minimum Gasteiger partial charge on any atom is -0.493 e. The average Bonchev–Trinajstić information content (AvgIpc) is 2.75. The van der Waals surface area contributed by atoms with E-state index in [4.69, 9.17) is 15.2 Å². The first kappa shape index (κ1) is 20.6. The molecule has 1 amide bonds. The molecule has 0 atom stereocenters. The van der Waals surface area contributed by atoms with Crippen LogP contribution in [-0.4, -0.2) is 25.2 Å². The van der Waals surface area contributed by atoms with Crippen LogP contribution >= 0.6 is 0 Å². The van der Waals surface area contributed by atoms with Gasteiger partial charge in [0, 0.05) is 11.3 Å². The van der Waals surface area contributed by atoms with Crippen LogP contribution < -0.4 is 20.6 Å². The van der Waals surface area contributed by atoms with Gasteiger partial charge in [-0.3, -0.25) is 4.79 Å². The van der Waals surface area contributed by atoms with Gasteiger partial charge in [0.2, 0.25) is 0 Å². The first-order valence-electron chi connectivity index (χ1n) is 9.12. The van der Waals surface area contributed by atoms with Gasteiger partial charge in [0.1, 0.15) is 0 Å². The zero-order chi connectivity index (χ0) is 21.5. The van der Waals surface area contributed by atoms with Crippen molar-refractivity contribution in [2.45, 2.75) is 6.92 Å². The van der Waals surface area contributed by atoms with Crippen molar-refractivity contribution in [3.63, 3.8) is 0 Å². The van der Waals surface area contributed by atoms with E-state index in [1.807, 2.05) is 13.0 Å². The zero-order valence-electron chi connectivity index (χ0n) is 16.6. The van der Waals surface area contributed by atoms with E-state index in [0.29, 0.717) is 28.1 Å². The minimum absolute atomic E-state index is 0.284. The molecule has 0 fully saturated rings. The number of rotatable bonds is 6. The lowest BCUT2D eigenvalue weighted by molar-refractivity contribution is 0.0729. The number of nitrogens with one attached hydrogen (secondary N) is 1. The van der Waals surface area contributed by atoms with Crippen molar-refractivity contribution in [1.82, 2.24) is 5.43 Å². The molecule has 3 N–H and O–H groups in total. The van der Waals surface area contributed by atoms with Crippen molar-refractivity contribution in [1.29, 1.82) is 0 Å². The molecule has 3 aromatic rings. The lowest BCUT2D eigenvalue weighted by atomic mass is 10.1. The number of anilines is 1. The third-order valence-corrected chi connectivity index (χ3v) is 4.20. The van der Waals surface area contributed by atoms with E-state index in [9.17, 15) is 9.59 Å². The summed E-state index contributed by atoms with van der Waals surface area (Å²) in [5.41, 5.74) is 11.1. The maximum atomic E-state index is 12.4. The van der Waals surface area contributed by atoms with Crippen molar-refractivity contribution in [2.75, 3.05) is 12.8 Å². The molecular formula is C23H21N3O4. The summed E-state index contributed by atoms with van der Waals surface area (Å²) < 4.78 is 10.8. The second-order valence-electron chi connectivity index (χ2n) is 6.49. The Balaban J connectivity index is 1.67. The van der Waals surface area contributed by atoms with Gasteiger partial charge in [-0.25, -0.2) is 10.2 Å². The highest BCUT2D eigenvalue weighted by molar-refractivity contribution is 5.95. The van der Waals surface area contributed by atoms with Crippen LogP contribution in [0.25, 0.3) is 0 Å². The third kappa shape index (κ3) is 5.23. The number of nitrogen functional groups attached to an aromatic ring is 1. The third-order valence-electron chi connectivity index (χ3n) is 4.20. The number of ether oxygens (including phenoxy) is 2. The summed E-state index contributed by atoms with van der Waals surface area (Å²) in [6, 6.07) is 18.6. The Morgan fingerprint density at radius 2 is 1.73 bits per heavy atom. The van der Waals surface area contributed by atoms with E-state index in [0.717, 1.165) is 5.56 Å². The van der Waals surface area contributed by atoms with Gasteiger partial charge in [-0.1, -0.05) is 17.7 Å². The van der Waals surface area contributed by atoms with Crippen molar-refractivity contribution in [3.8, 4) is 11.5 Å². The fourth-order valence-electron chi connectivity index (χ4n) is 2.64. The normalized spacial score (nSPS) is 10.6. The molecule has 0 aliphatic heterocycles. The predicted molar refractivity (Wildman–Crippen MR) is 115 cm³/mol. The molecule has 0 heterocycles. The molecule has 0 spiro atoms. The van der Waals surface area contributed by atoms with E-state index in [1.165, 1.54) is 13.3 Å². The summed E-state index contributed by atoms with van der Waals surface area (Å²) in [6.45, 7) is 1.90. The van der Waals surface area contributed by atoms with E-state index in [1.54, 1.807) is 60.7 Å². The molecule has 0 aliphatic carbocycles. The number of nitrogens with zero attached hydrogens (tertiary/aromatic N) is 1. The van der Waals surface area contributed by atoms with Gasteiger partial charge in [0.15, 0.2) is 11.5 Å².